The Morgan fingerprint density at radius 2 is 1.91 bits per heavy atom. The second kappa shape index (κ2) is 15.0. The Hall–Kier alpha value is -1.95. The van der Waals surface area contributed by atoms with E-state index in [2.05, 4.69) is 6.92 Å². The van der Waals surface area contributed by atoms with Gasteiger partial charge in [-0.25, -0.2) is 0 Å². The third kappa shape index (κ3) is 9.68. The highest BCUT2D eigenvalue weighted by Gasteiger charge is 2.39. The summed E-state index contributed by atoms with van der Waals surface area (Å²) < 4.78 is 5.28. The third-order valence-corrected chi connectivity index (χ3v) is 6.14. The molecule has 0 radical (unpaired) electrons. The molecule has 1 aromatic carbocycles. The normalized spacial score (nSPS) is 24.4. The van der Waals surface area contributed by atoms with Crippen molar-refractivity contribution >= 4 is 5.97 Å². The van der Waals surface area contributed by atoms with Crippen molar-refractivity contribution in [2.75, 3.05) is 0 Å². The quantitative estimate of drug-likeness (QED) is 0.220. The number of unbranched alkanes of at least 4 members (excludes halogenated alkanes) is 3. The Morgan fingerprint density at radius 3 is 2.66 bits per heavy atom. The first-order chi connectivity index (χ1) is 15.5. The van der Waals surface area contributed by atoms with Gasteiger partial charge in [-0.05, 0) is 37.2 Å². The summed E-state index contributed by atoms with van der Waals surface area (Å²) >= 11 is 0. The number of ether oxygens (including phenoxy) is 1. The Kier molecular flexibility index (Phi) is 12.3. The van der Waals surface area contributed by atoms with E-state index in [9.17, 15) is 20.1 Å². The lowest BCUT2D eigenvalue weighted by atomic mass is 9.89. The third-order valence-electron chi connectivity index (χ3n) is 6.14. The molecule has 3 N–H and O–H groups in total. The van der Waals surface area contributed by atoms with Gasteiger partial charge in [0, 0.05) is 18.8 Å². The molecule has 32 heavy (non-hydrogen) atoms. The Morgan fingerprint density at radius 1 is 1.12 bits per heavy atom. The minimum Gasteiger partial charge on any atom is -0.461 e. The zero-order chi connectivity index (χ0) is 23.2. The first-order valence-electron chi connectivity index (χ1n) is 12.1. The molecule has 1 aliphatic carbocycles. The average Bonchev–Trinajstić information content (AvgIpc) is 3.06. The molecule has 1 aliphatic rings. The molecule has 0 unspecified atom stereocenters. The predicted octanol–water partition coefficient (Wildman–Crippen LogP) is 4.70. The van der Waals surface area contributed by atoms with Gasteiger partial charge in [-0.15, -0.1) is 0 Å². The fourth-order valence-electron chi connectivity index (χ4n) is 4.21. The van der Waals surface area contributed by atoms with Gasteiger partial charge in [-0.3, -0.25) is 4.79 Å². The monoisotopic (exact) mass is 444 g/mol. The Balaban J connectivity index is 1.68. The number of aliphatic hydroxyl groups excluding tert-OH is 3. The van der Waals surface area contributed by atoms with Crippen molar-refractivity contribution in [3.63, 3.8) is 0 Å². The van der Waals surface area contributed by atoms with Crippen LogP contribution >= 0.6 is 0 Å². The predicted molar refractivity (Wildman–Crippen MR) is 127 cm³/mol. The maximum absolute atomic E-state index is 11.9. The molecular weight excluding hydrogens is 404 g/mol. The zero-order valence-corrected chi connectivity index (χ0v) is 19.3. The largest absolute Gasteiger partial charge is 0.461 e. The summed E-state index contributed by atoms with van der Waals surface area (Å²) in [5, 5.41) is 30.8. The summed E-state index contributed by atoms with van der Waals surface area (Å²) in [6.45, 7) is 2.44. The lowest BCUT2D eigenvalue weighted by Gasteiger charge is -2.19. The van der Waals surface area contributed by atoms with E-state index in [4.69, 9.17) is 4.74 Å². The number of rotatable bonds is 14. The summed E-state index contributed by atoms with van der Waals surface area (Å²) in [6.07, 6.45) is 12.9. The minimum absolute atomic E-state index is 0.0591. The van der Waals surface area contributed by atoms with Crippen LogP contribution in [0.1, 0.15) is 70.3 Å². The average molecular weight is 445 g/mol. The lowest BCUT2D eigenvalue weighted by Crippen LogP contribution is -2.20. The smallest absolute Gasteiger partial charge is 0.306 e. The number of hydrogen-bond acceptors (Lipinski definition) is 5. The van der Waals surface area contributed by atoms with Gasteiger partial charge in [0.15, 0.2) is 0 Å². The molecule has 5 nitrogen and oxygen atoms in total. The van der Waals surface area contributed by atoms with Crippen LogP contribution in [0.15, 0.2) is 54.6 Å². The summed E-state index contributed by atoms with van der Waals surface area (Å²) in [5.74, 6) is -0.404. The van der Waals surface area contributed by atoms with Gasteiger partial charge < -0.3 is 20.1 Å². The van der Waals surface area contributed by atoms with Crippen molar-refractivity contribution in [1.29, 1.82) is 0 Å². The van der Waals surface area contributed by atoms with Crippen LogP contribution in [-0.4, -0.2) is 39.6 Å². The molecule has 0 aliphatic heterocycles. The number of hydrogen-bond donors (Lipinski definition) is 3. The molecular formula is C27H40O5. The van der Waals surface area contributed by atoms with E-state index in [1.807, 2.05) is 48.6 Å². The van der Waals surface area contributed by atoms with Crippen LogP contribution in [0.25, 0.3) is 0 Å². The van der Waals surface area contributed by atoms with E-state index in [1.165, 1.54) is 0 Å². The van der Waals surface area contributed by atoms with E-state index >= 15 is 0 Å². The molecule has 1 fully saturated rings. The molecule has 5 atom stereocenters. The zero-order valence-electron chi connectivity index (χ0n) is 19.3. The van der Waals surface area contributed by atoms with Crippen LogP contribution in [0.2, 0.25) is 0 Å². The molecule has 0 saturated heterocycles. The highest BCUT2D eigenvalue weighted by Crippen LogP contribution is 2.36. The molecule has 0 amide bonds. The highest BCUT2D eigenvalue weighted by atomic mass is 16.5. The van der Waals surface area contributed by atoms with Crippen molar-refractivity contribution in [1.82, 2.24) is 0 Å². The molecule has 0 heterocycles. The molecule has 5 heteroatoms. The van der Waals surface area contributed by atoms with Gasteiger partial charge in [-0.2, -0.15) is 0 Å². The lowest BCUT2D eigenvalue weighted by molar-refractivity contribution is -0.145. The molecule has 1 aromatic rings. The first kappa shape index (κ1) is 26.3. The summed E-state index contributed by atoms with van der Waals surface area (Å²) in [4.78, 5) is 11.9. The maximum atomic E-state index is 11.9. The van der Waals surface area contributed by atoms with E-state index in [-0.39, 0.29) is 17.8 Å². The van der Waals surface area contributed by atoms with Gasteiger partial charge in [-0.1, -0.05) is 80.8 Å². The summed E-state index contributed by atoms with van der Waals surface area (Å²) in [6, 6.07) is 9.63. The highest BCUT2D eigenvalue weighted by molar-refractivity contribution is 5.69. The standard InChI is InChI=1S/C27H40O5/c1-2-3-7-14-22(28)17-18-24-23(25(29)19-26(24)30)15-10-4-5-11-16-27(31)32-20-21-12-8-6-9-13-21/h4,6,8-10,12-13,17-18,22-26,28-30H,2-3,5,7,11,14-16,19-20H2,1H3/t22-,23+,24-,25-,26+/m0/s1. The second-order valence-corrected chi connectivity index (χ2v) is 8.81. The van der Waals surface area contributed by atoms with E-state index in [0.29, 0.717) is 32.3 Å². The van der Waals surface area contributed by atoms with E-state index in [1.54, 1.807) is 6.08 Å². The molecule has 0 spiro atoms. The number of esters is 1. The number of allylic oxidation sites excluding steroid dienone is 2. The number of aliphatic hydroxyl groups is 3. The minimum atomic E-state index is -0.582. The van der Waals surface area contributed by atoms with Crippen molar-refractivity contribution in [3.8, 4) is 0 Å². The molecule has 2 rings (SSSR count). The second-order valence-electron chi connectivity index (χ2n) is 8.81. The molecule has 1 saturated carbocycles. The van der Waals surface area contributed by atoms with Crippen LogP contribution in [0.5, 0.6) is 0 Å². The molecule has 0 bridgehead atoms. The van der Waals surface area contributed by atoms with Crippen LogP contribution in [0.3, 0.4) is 0 Å². The number of carbonyl (C=O) groups is 1. The summed E-state index contributed by atoms with van der Waals surface area (Å²) in [7, 11) is 0. The van der Waals surface area contributed by atoms with Crippen molar-refractivity contribution < 1.29 is 24.9 Å². The van der Waals surface area contributed by atoms with Gasteiger partial charge in [0.1, 0.15) is 6.61 Å². The Labute approximate surface area is 192 Å². The Bertz CT molecular complexity index is 699. The number of benzene rings is 1. The fourth-order valence-corrected chi connectivity index (χ4v) is 4.21. The molecule has 0 aromatic heterocycles. The SMILES string of the molecule is CCCCC[C@H](O)C=C[C@H]1[C@@H](CC=CCCCC(=O)OCc2ccccc2)[C@@H](O)C[C@H]1O. The van der Waals surface area contributed by atoms with Crippen LogP contribution in [0.4, 0.5) is 0 Å². The van der Waals surface area contributed by atoms with Crippen molar-refractivity contribution in [2.24, 2.45) is 11.8 Å². The number of carbonyl (C=O) groups excluding carboxylic acids is 1. The van der Waals surface area contributed by atoms with Crippen LogP contribution in [0, 0.1) is 11.8 Å². The van der Waals surface area contributed by atoms with Crippen LogP contribution in [-0.2, 0) is 16.1 Å². The van der Waals surface area contributed by atoms with Crippen molar-refractivity contribution in [2.45, 2.75) is 89.6 Å². The van der Waals surface area contributed by atoms with Gasteiger partial charge in [0.05, 0.1) is 18.3 Å². The summed E-state index contributed by atoms with van der Waals surface area (Å²) in [5.41, 5.74) is 0.982. The van der Waals surface area contributed by atoms with Gasteiger partial charge in [0.25, 0.3) is 0 Å². The fraction of sp³-hybridized carbons (Fsp3) is 0.593. The van der Waals surface area contributed by atoms with Crippen LogP contribution < -0.4 is 0 Å². The van der Waals surface area contributed by atoms with E-state index < -0.39 is 18.3 Å². The molecule has 178 valence electrons. The first-order valence-corrected chi connectivity index (χ1v) is 12.1. The maximum Gasteiger partial charge on any atom is 0.306 e. The van der Waals surface area contributed by atoms with E-state index in [0.717, 1.165) is 37.7 Å². The topological polar surface area (TPSA) is 87.0 Å². The van der Waals surface area contributed by atoms with Gasteiger partial charge >= 0.3 is 5.97 Å². The van der Waals surface area contributed by atoms with Gasteiger partial charge in [0.2, 0.25) is 0 Å². The van der Waals surface area contributed by atoms with Crippen molar-refractivity contribution in [3.05, 3.63) is 60.2 Å².